The van der Waals surface area contributed by atoms with Crippen molar-refractivity contribution in [2.45, 2.75) is 25.8 Å². The molecule has 0 saturated carbocycles. The summed E-state index contributed by atoms with van der Waals surface area (Å²) in [5.74, 6) is -0.0931. The molecule has 1 fully saturated rings. The van der Waals surface area contributed by atoms with Crippen molar-refractivity contribution in [3.8, 4) is 0 Å². The molecule has 0 radical (unpaired) electrons. The van der Waals surface area contributed by atoms with Gasteiger partial charge in [-0.2, -0.15) is 0 Å². The molecule has 5 heteroatoms. The zero-order valence-electron chi connectivity index (χ0n) is 11.4. The standard InChI is InChI=1S/C15H19N3O2/c19-14-4-2-11(9-17-14)15(20)18-13-3-1-10-5-6-16-8-12(10)7-13/h1,3,7,11,16H,2,4-6,8-9H2,(H,17,19)(H,18,20). The molecule has 1 aromatic carbocycles. The minimum Gasteiger partial charge on any atom is -0.355 e. The minimum atomic E-state index is -0.123. The van der Waals surface area contributed by atoms with Crippen molar-refractivity contribution in [3.05, 3.63) is 29.3 Å². The molecule has 20 heavy (non-hydrogen) atoms. The summed E-state index contributed by atoms with van der Waals surface area (Å²) in [6.45, 7) is 2.32. The Morgan fingerprint density at radius 2 is 2.15 bits per heavy atom. The van der Waals surface area contributed by atoms with Crippen LogP contribution in [0.15, 0.2) is 18.2 Å². The maximum atomic E-state index is 12.2. The van der Waals surface area contributed by atoms with Crippen molar-refractivity contribution in [2.24, 2.45) is 5.92 Å². The van der Waals surface area contributed by atoms with E-state index in [0.717, 1.165) is 25.2 Å². The quantitative estimate of drug-likeness (QED) is 0.746. The lowest BCUT2D eigenvalue weighted by molar-refractivity contribution is -0.126. The smallest absolute Gasteiger partial charge is 0.229 e. The van der Waals surface area contributed by atoms with Crippen molar-refractivity contribution < 1.29 is 9.59 Å². The molecule has 1 aromatic rings. The molecule has 106 valence electrons. The molecule has 0 bridgehead atoms. The van der Waals surface area contributed by atoms with Gasteiger partial charge in [0, 0.05) is 25.2 Å². The molecule has 5 nitrogen and oxygen atoms in total. The number of benzene rings is 1. The van der Waals surface area contributed by atoms with Gasteiger partial charge in [0.2, 0.25) is 11.8 Å². The highest BCUT2D eigenvalue weighted by Crippen LogP contribution is 2.20. The largest absolute Gasteiger partial charge is 0.355 e. The van der Waals surface area contributed by atoms with Gasteiger partial charge in [0.15, 0.2) is 0 Å². The van der Waals surface area contributed by atoms with Crippen molar-refractivity contribution >= 4 is 17.5 Å². The first-order chi connectivity index (χ1) is 9.72. The molecule has 2 heterocycles. The first kappa shape index (κ1) is 13.1. The van der Waals surface area contributed by atoms with Crippen molar-refractivity contribution in [3.63, 3.8) is 0 Å². The van der Waals surface area contributed by atoms with E-state index in [-0.39, 0.29) is 17.7 Å². The van der Waals surface area contributed by atoms with E-state index in [1.54, 1.807) is 0 Å². The Morgan fingerprint density at radius 3 is 2.95 bits per heavy atom. The predicted octanol–water partition coefficient (Wildman–Crippen LogP) is 0.797. The summed E-state index contributed by atoms with van der Waals surface area (Å²) in [6.07, 6.45) is 2.11. The van der Waals surface area contributed by atoms with Crippen LogP contribution in [0, 0.1) is 5.92 Å². The number of anilines is 1. The molecule has 0 aromatic heterocycles. The average molecular weight is 273 g/mol. The lowest BCUT2D eigenvalue weighted by Gasteiger charge is -2.22. The third-order valence-corrected chi connectivity index (χ3v) is 4.00. The number of hydrogen-bond donors (Lipinski definition) is 3. The molecule has 3 rings (SSSR count). The van der Waals surface area contributed by atoms with Gasteiger partial charge in [0.1, 0.15) is 0 Å². The summed E-state index contributed by atoms with van der Waals surface area (Å²) >= 11 is 0. The van der Waals surface area contributed by atoms with Gasteiger partial charge in [-0.3, -0.25) is 9.59 Å². The summed E-state index contributed by atoms with van der Waals surface area (Å²) in [5, 5.41) is 9.03. The zero-order chi connectivity index (χ0) is 13.9. The summed E-state index contributed by atoms with van der Waals surface area (Å²) in [5.41, 5.74) is 3.45. The molecule has 0 spiro atoms. The van der Waals surface area contributed by atoms with Crippen molar-refractivity contribution in [2.75, 3.05) is 18.4 Å². The number of carbonyl (C=O) groups is 2. The topological polar surface area (TPSA) is 70.2 Å². The highest BCUT2D eigenvalue weighted by Gasteiger charge is 2.24. The summed E-state index contributed by atoms with van der Waals surface area (Å²) < 4.78 is 0. The van der Waals surface area contributed by atoms with Gasteiger partial charge in [-0.05, 0) is 42.6 Å². The molecule has 2 amide bonds. The molecule has 1 atom stereocenters. The molecular formula is C15H19N3O2. The fourth-order valence-electron chi connectivity index (χ4n) is 2.76. The van der Waals surface area contributed by atoms with E-state index in [9.17, 15) is 9.59 Å². The van der Waals surface area contributed by atoms with E-state index in [2.05, 4.69) is 22.0 Å². The lowest BCUT2D eigenvalue weighted by Crippen LogP contribution is -2.40. The maximum Gasteiger partial charge on any atom is 0.229 e. The second kappa shape index (κ2) is 5.63. The molecule has 2 aliphatic heterocycles. The Labute approximate surface area is 118 Å². The molecule has 3 N–H and O–H groups in total. The number of rotatable bonds is 2. The Balaban J connectivity index is 1.65. The van der Waals surface area contributed by atoms with Crippen molar-refractivity contribution in [1.82, 2.24) is 10.6 Å². The second-order valence-corrected chi connectivity index (χ2v) is 5.44. The lowest BCUT2D eigenvalue weighted by atomic mass is 9.97. The number of piperidine rings is 1. The average Bonchev–Trinajstić information content (AvgIpc) is 2.48. The highest BCUT2D eigenvalue weighted by molar-refractivity contribution is 5.94. The normalized spacial score (nSPS) is 21.8. The van der Waals surface area contributed by atoms with E-state index < -0.39 is 0 Å². The van der Waals surface area contributed by atoms with Crippen LogP contribution in [0.3, 0.4) is 0 Å². The second-order valence-electron chi connectivity index (χ2n) is 5.44. The van der Waals surface area contributed by atoms with Crippen LogP contribution in [0.25, 0.3) is 0 Å². The van der Waals surface area contributed by atoms with Gasteiger partial charge in [0.25, 0.3) is 0 Å². The Bertz CT molecular complexity index is 532. The van der Waals surface area contributed by atoms with Crippen LogP contribution in [0.5, 0.6) is 0 Å². The van der Waals surface area contributed by atoms with Crippen LogP contribution in [0.2, 0.25) is 0 Å². The number of amides is 2. The SMILES string of the molecule is O=C1CCC(C(=O)Nc2ccc3c(c2)CNCC3)CN1. The minimum absolute atomic E-state index is 0.00582. The van der Waals surface area contributed by atoms with E-state index in [4.69, 9.17) is 0 Å². The Morgan fingerprint density at radius 1 is 1.25 bits per heavy atom. The maximum absolute atomic E-state index is 12.2. The van der Waals surface area contributed by atoms with E-state index >= 15 is 0 Å². The number of hydrogen-bond acceptors (Lipinski definition) is 3. The van der Waals surface area contributed by atoms with E-state index in [0.29, 0.717) is 19.4 Å². The van der Waals surface area contributed by atoms with Gasteiger partial charge < -0.3 is 16.0 Å². The molecule has 2 aliphatic rings. The highest BCUT2D eigenvalue weighted by atomic mass is 16.2. The summed E-state index contributed by atoms with van der Waals surface area (Å²) in [4.78, 5) is 23.3. The van der Waals surface area contributed by atoms with Gasteiger partial charge >= 0.3 is 0 Å². The number of carbonyl (C=O) groups excluding carboxylic acids is 2. The molecule has 1 unspecified atom stereocenters. The van der Waals surface area contributed by atoms with Crippen LogP contribution >= 0.6 is 0 Å². The fraction of sp³-hybridized carbons (Fsp3) is 0.467. The predicted molar refractivity (Wildman–Crippen MR) is 76.2 cm³/mol. The third-order valence-electron chi connectivity index (χ3n) is 4.00. The first-order valence-corrected chi connectivity index (χ1v) is 7.12. The first-order valence-electron chi connectivity index (χ1n) is 7.12. The number of fused-ring (bicyclic) bond motifs is 1. The van der Waals surface area contributed by atoms with E-state index in [1.165, 1.54) is 11.1 Å². The van der Waals surface area contributed by atoms with Crippen molar-refractivity contribution in [1.29, 1.82) is 0 Å². The Hall–Kier alpha value is -1.88. The molecule has 0 aliphatic carbocycles. The third kappa shape index (κ3) is 2.82. The van der Waals surface area contributed by atoms with Gasteiger partial charge in [-0.25, -0.2) is 0 Å². The zero-order valence-corrected chi connectivity index (χ0v) is 11.4. The summed E-state index contributed by atoms with van der Waals surface area (Å²) in [7, 11) is 0. The molecular weight excluding hydrogens is 254 g/mol. The Kier molecular flexibility index (Phi) is 3.69. The van der Waals surface area contributed by atoms with Crippen LogP contribution in [0.4, 0.5) is 5.69 Å². The monoisotopic (exact) mass is 273 g/mol. The van der Waals surface area contributed by atoms with Gasteiger partial charge in [0.05, 0.1) is 5.92 Å². The van der Waals surface area contributed by atoms with Crippen LogP contribution in [-0.4, -0.2) is 24.9 Å². The van der Waals surface area contributed by atoms with E-state index in [1.807, 2.05) is 12.1 Å². The van der Waals surface area contributed by atoms with Crippen LogP contribution in [0.1, 0.15) is 24.0 Å². The fourth-order valence-corrected chi connectivity index (χ4v) is 2.76. The van der Waals surface area contributed by atoms with Gasteiger partial charge in [-0.1, -0.05) is 6.07 Å². The van der Waals surface area contributed by atoms with Crippen LogP contribution in [-0.2, 0) is 22.6 Å². The summed E-state index contributed by atoms with van der Waals surface area (Å²) in [6, 6.07) is 6.10. The van der Waals surface area contributed by atoms with Crippen LogP contribution < -0.4 is 16.0 Å². The number of nitrogens with one attached hydrogen (secondary N) is 3. The molecule has 1 saturated heterocycles. The van der Waals surface area contributed by atoms with Gasteiger partial charge in [-0.15, -0.1) is 0 Å².